The number of hydrogen-bond donors (Lipinski definition) is 1. The minimum absolute atomic E-state index is 0.183. The molecule has 1 rings (SSSR count). The van der Waals surface area contributed by atoms with Crippen LogP contribution < -0.4 is 10.1 Å². The zero-order valence-corrected chi connectivity index (χ0v) is 14.5. The summed E-state index contributed by atoms with van der Waals surface area (Å²) in [5, 5.41) is 3.39. The van der Waals surface area contributed by atoms with Gasteiger partial charge in [-0.2, -0.15) is 0 Å². The van der Waals surface area contributed by atoms with Gasteiger partial charge >= 0.3 is 6.09 Å². The van der Waals surface area contributed by atoms with E-state index in [-0.39, 0.29) is 12.1 Å². The van der Waals surface area contributed by atoms with Gasteiger partial charge in [-0.05, 0) is 45.4 Å². The van der Waals surface area contributed by atoms with Crippen molar-refractivity contribution in [1.82, 2.24) is 10.2 Å². The van der Waals surface area contributed by atoms with Crippen LogP contribution in [-0.4, -0.2) is 43.8 Å². The first-order chi connectivity index (χ1) is 10.2. The number of amides is 1. The number of nitrogens with zero attached hydrogens (tertiary/aromatic N) is 1. The summed E-state index contributed by atoms with van der Waals surface area (Å²) in [6.45, 7) is 8.95. The molecule has 0 aromatic heterocycles. The highest BCUT2D eigenvalue weighted by Crippen LogP contribution is 2.18. The van der Waals surface area contributed by atoms with Gasteiger partial charge < -0.3 is 19.7 Å². The van der Waals surface area contributed by atoms with Crippen molar-refractivity contribution in [2.24, 2.45) is 0 Å². The Morgan fingerprint density at radius 3 is 2.64 bits per heavy atom. The lowest BCUT2D eigenvalue weighted by atomic mass is 10.1. The molecule has 0 radical (unpaired) electrons. The second-order valence-electron chi connectivity index (χ2n) is 6.35. The Labute approximate surface area is 133 Å². The molecule has 1 N–H and O–H groups in total. The fraction of sp³-hybridized carbons (Fsp3) is 0.588. The quantitative estimate of drug-likeness (QED) is 0.876. The number of ether oxygens (including phenoxy) is 2. The molecule has 1 aromatic rings. The van der Waals surface area contributed by atoms with Gasteiger partial charge in [-0.25, -0.2) is 4.79 Å². The first kappa shape index (κ1) is 18.3. The highest BCUT2D eigenvalue weighted by Gasteiger charge is 2.19. The number of rotatable bonds is 6. The van der Waals surface area contributed by atoms with E-state index < -0.39 is 5.60 Å². The Morgan fingerprint density at radius 1 is 1.36 bits per heavy atom. The molecule has 5 nitrogen and oxygen atoms in total. The fourth-order valence-corrected chi connectivity index (χ4v) is 1.91. The van der Waals surface area contributed by atoms with E-state index in [1.807, 2.05) is 39.0 Å². The van der Waals surface area contributed by atoms with Crippen molar-refractivity contribution >= 4 is 6.09 Å². The fourth-order valence-electron chi connectivity index (χ4n) is 1.91. The number of benzene rings is 1. The van der Waals surface area contributed by atoms with E-state index in [1.165, 1.54) is 0 Å². The highest BCUT2D eigenvalue weighted by molar-refractivity contribution is 5.67. The molecule has 1 atom stereocenters. The third-order valence-corrected chi connectivity index (χ3v) is 3.20. The minimum Gasteiger partial charge on any atom is -0.497 e. The van der Waals surface area contributed by atoms with Crippen LogP contribution in [0.3, 0.4) is 0 Å². The summed E-state index contributed by atoms with van der Waals surface area (Å²) in [5.41, 5.74) is 0.686. The van der Waals surface area contributed by atoms with Crippen LogP contribution in [0.25, 0.3) is 0 Å². The van der Waals surface area contributed by atoms with Gasteiger partial charge in [-0.15, -0.1) is 0 Å². The van der Waals surface area contributed by atoms with Crippen molar-refractivity contribution in [2.75, 3.05) is 27.2 Å². The van der Waals surface area contributed by atoms with E-state index in [1.54, 1.807) is 19.1 Å². The second-order valence-corrected chi connectivity index (χ2v) is 6.35. The van der Waals surface area contributed by atoms with Gasteiger partial charge in [0.25, 0.3) is 0 Å². The SMILES string of the molecule is COc1cccc(C(C)NCCN(C)C(=O)OC(C)(C)C)c1. The maximum Gasteiger partial charge on any atom is 0.410 e. The van der Waals surface area contributed by atoms with Gasteiger partial charge in [0.1, 0.15) is 11.4 Å². The number of carbonyl (C=O) groups is 1. The van der Waals surface area contributed by atoms with Crippen molar-refractivity contribution < 1.29 is 14.3 Å². The van der Waals surface area contributed by atoms with Crippen LogP contribution in [0.1, 0.15) is 39.3 Å². The van der Waals surface area contributed by atoms with E-state index in [2.05, 4.69) is 18.3 Å². The van der Waals surface area contributed by atoms with Crippen LogP contribution >= 0.6 is 0 Å². The largest absolute Gasteiger partial charge is 0.497 e. The predicted molar refractivity (Wildman–Crippen MR) is 88.3 cm³/mol. The summed E-state index contributed by atoms with van der Waals surface area (Å²) < 4.78 is 10.5. The van der Waals surface area contributed by atoms with Gasteiger partial charge in [0.2, 0.25) is 0 Å². The van der Waals surface area contributed by atoms with Gasteiger partial charge in [0.15, 0.2) is 0 Å². The molecule has 0 aliphatic carbocycles. The molecule has 0 bridgehead atoms. The smallest absolute Gasteiger partial charge is 0.410 e. The molecular weight excluding hydrogens is 280 g/mol. The van der Waals surface area contributed by atoms with E-state index >= 15 is 0 Å². The summed E-state index contributed by atoms with van der Waals surface area (Å²) in [5.74, 6) is 0.844. The summed E-state index contributed by atoms with van der Waals surface area (Å²) in [7, 11) is 3.40. The van der Waals surface area contributed by atoms with Crippen LogP contribution in [0.15, 0.2) is 24.3 Å². The van der Waals surface area contributed by atoms with Crippen LogP contribution in [0.4, 0.5) is 4.79 Å². The van der Waals surface area contributed by atoms with E-state index in [9.17, 15) is 4.79 Å². The van der Waals surface area contributed by atoms with Crippen LogP contribution in [0.5, 0.6) is 5.75 Å². The Morgan fingerprint density at radius 2 is 2.05 bits per heavy atom. The summed E-state index contributed by atoms with van der Waals surface area (Å²) >= 11 is 0. The summed E-state index contributed by atoms with van der Waals surface area (Å²) in [4.78, 5) is 13.4. The van der Waals surface area contributed by atoms with Crippen LogP contribution in [0.2, 0.25) is 0 Å². The molecule has 0 saturated carbocycles. The minimum atomic E-state index is -0.466. The van der Waals surface area contributed by atoms with E-state index in [0.717, 1.165) is 11.3 Å². The maximum atomic E-state index is 11.8. The molecule has 0 spiro atoms. The predicted octanol–water partition coefficient (Wildman–Crippen LogP) is 3.21. The zero-order valence-electron chi connectivity index (χ0n) is 14.5. The van der Waals surface area contributed by atoms with Crippen LogP contribution in [-0.2, 0) is 4.74 Å². The average Bonchev–Trinajstić information content (AvgIpc) is 2.45. The molecule has 0 aliphatic heterocycles. The lowest BCUT2D eigenvalue weighted by Gasteiger charge is -2.25. The number of nitrogens with one attached hydrogen (secondary N) is 1. The molecule has 0 aliphatic rings. The number of likely N-dealkylation sites (N-methyl/N-ethyl adjacent to an activating group) is 1. The van der Waals surface area contributed by atoms with Crippen molar-refractivity contribution in [3.05, 3.63) is 29.8 Å². The Kier molecular flexibility index (Phi) is 6.68. The molecule has 1 unspecified atom stereocenters. The topological polar surface area (TPSA) is 50.8 Å². The average molecular weight is 308 g/mol. The van der Waals surface area contributed by atoms with E-state index in [4.69, 9.17) is 9.47 Å². The van der Waals surface area contributed by atoms with Crippen LogP contribution in [0, 0.1) is 0 Å². The zero-order chi connectivity index (χ0) is 16.8. The first-order valence-corrected chi connectivity index (χ1v) is 7.54. The molecule has 0 fully saturated rings. The maximum absolute atomic E-state index is 11.8. The number of methoxy groups -OCH3 is 1. The Hall–Kier alpha value is -1.75. The Balaban J connectivity index is 2.41. The molecule has 1 aromatic carbocycles. The monoisotopic (exact) mass is 308 g/mol. The van der Waals surface area contributed by atoms with E-state index in [0.29, 0.717) is 13.1 Å². The van der Waals surface area contributed by atoms with Crippen molar-refractivity contribution in [3.8, 4) is 5.75 Å². The third-order valence-electron chi connectivity index (χ3n) is 3.20. The molecule has 0 saturated heterocycles. The third kappa shape index (κ3) is 6.35. The lowest BCUT2D eigenvalue weighted by molar-refractivity contribution is 0.0299. The van der Waals surface area contributed by atoms with Gasteiger partial charge in [-0.1, -0.05) is 12.1 Å². The highest BCUT2D eigenvalue weighted by atomic mass is 16.6. The first-order valence-electron chi connectivity index (χ1n) is 7.54. The Bertz CT molecular complexity index is 483. The number of hydrogen-bond acceptors (Lipinski definition) is 4. The number of carbonyl (C=O) groups excluding carboxylic acids is 1. The molecular formula is C17H28N2O3. The molecule has 5 heteroatoms. The van der Waals surface area contributed by atoms with Crippen molar-refractivity contribution in [2.45, 2.75) is 39.3 Å². The molecule has 22 heavy (non-hydrogen) atoms. The molecule has 124 valence electrons. The standard InChI is InChI=1S/C17H28N2O3/c1-13(14-8-7-9-15(12-14)21-6)18-10-11-19(5)16(20)22-17(2,3)4/h7-9,12-13,18H,10-11H2,1-6H3. The van der Waals surface area contributed by atoms with Crippen molar-refractivity contribution in [3.63, 3.8) is 0 Å². The summed E-state index contributed by atoms with van der Waals surface area (Å²) in [6.07, 6.45) is -0.302. The lowest BCUT2D eigenvalue weighted by Crippen LogP contribution is -2.38. The van der Waals surface area contributed by atoms with Gasteiger partial charge in [0.05, 0.1) is 7.11 Å². The van der Waals surface area contributed by atoms with Gasteiger partial charge in [0, 0.05) is 26.2 Å². The normalized spacial score (nSPS) is 12.6. The second kappa shape index (κ2) is 8.03. The summed E-state index contributed by atoms with van der Waals surface area (Å²) in [6, 6.07) is 8.14. The molecule has 1 amide bonds. The van der Waals surface area contributed by atoms with Gasteiger partial charge in [-0.3, -0.25) is 0 Å². The van der Waals surface area contributed by atoms with Crippen molar-refractivity contribution in [1.29, 1.82) is 0 Å². The molecule has 0 heterocycles.